The first kappa shape index (κ1) is 11.9. The third-order valence-corrected chi connectivity index (χ3v) is 5.25. The molecule has 18 heavy (non-hydrogen) atoms. The summed E-state index contributed by atoms with van der Waals surface area (Å²) in [5.74, 6) is 0.114. The third kappa shape index (κ3) is 1.36. The molecule has 0 aromatic carbocycles. The summed E-state index contributed by atoms with van der Waals surface area (Å²) in [6.07, 6.45) is 3.39. The van der Waals surface area contributed by atoms with Crippen molar-refractivity contribution in [3.05, 3.63) is 11.1 Å². The summed E-state index contributed by atoms with van der Waals surface area (Å²) >= 11 is 0. The van der Waals surface area contributed by atoms with Gasteiger partial charge < -0.3 is 4.74 Å². The minimum atomic E-state index is -0.367. The summed E-state index contributed by atoms with van der Waals surface area (Å²) < 4.78 is 5.58. The summed E-state index contributed by atoms with van der Waals surface area (Å²) in [5, 5.41) is 0. The zero-order valence-electron chi connectivity index (χ0n) is 11.3. The summed E-state index contributed by atoms with van der Waals surface area (Å²) in [6, 6.07) is 0. The number of hydrogen-bond acceptors (Lipinski definition) is 3. The van der Waals surface area contributed by atoms with E-state index in [1.807, 2.05) is 13.8 Å². The first-order valence-corrected chi connectivity index (χ1v) is 6.89. The Morgan fingerprint density at radius 2 is 2.06 bits per heavy atom. The number of carbonyl (C=O) groups is 2. The number of ether oxygens (including phenoxy) is 1. The van der Waals surface area contributed by atoms with Gasteiger partial charge in [-0.05, 0) is 38.7 Å². The number of hydrogen-bond donors (Lipinski definition) is 0. The quantitative estimate of drug-likeness (QED) is 0.489. The zero-order chi connectivity index (χ0) is 13.1. The maximum absolute atomic E-state index is 12.5. The van der Waals surface area contributed by atoms with Crippen LogP contribution >= 0.6 is 0 Å². The van der Waals surface area contributed by atoms with Crippen LogP contribution in [0.1, 0.15) is 46.5 Å². The number of ketones is 1. The minimum absolute atomic E-state index is 0.0705. The van der Waals surface area contributed by atoms with Crippen LogP contribution in [0.5, 0.6) is 0 Å². The molecular formula is C15H20O3. The highest BCUT2D eigenvalue weighted by molar-refractivity contribution is 5.92. The molecule has 0 spiro atoms. The summed E-state index contributed by atoms with van der Waals surface area (Å²) in [6.45, 7) is 6.03. The number of allylic oxidation sites excluding steroid dienone is 1. The average Bonchev–Trinajstić information content (AvgIpc) is 2.57. The second kappa shape index (κ2) is 3.69. The molecule has 3 heteroatoms. The Kier molecular flexibility index (Phi) is 2.45. The van der Waals surface area contributed by atoms with Crippen LogP contribution < -0.4 is 0 Å². The second-order valence-corrected chi connectivity index (χ2v) is 6.32. The van der Waals surface area contributed by atoms with E-state index >= 15 is 0 Å². The van der Waals surface area contributed by atoms with Crippen molar-refractivity contribution in [3.8, 4) is 0 Å². The molecule has 0 aromatic heterocycles. The Bertz CT molecular complexity index is 462. The van der Waals surface area contributed by atoms with Crippen LogP contribution in [0.4, 0.5) is 0 Å². The van der Waals surface area contributed by atoms with Crippen molar-refractivity contribution in [2.45, 2.75) is 52.6 Å². The standard InChI is InChI=1S/C15H20O3/c1-8-5-4-6-15(3)11(16)7-10-9(2)14(17)18-13(10)12(8)15/h9-10,13H,4-7H2,1-3H3. The van der Waals surface area contributed by atoms with Crippen LogP contribution in [-0.2, 0) is 14.3 Å². The van der Waals surface area contributed by atoms with Crippen molar-refractivity contribution in [2.75, 3.05) is 0 Å². The highest BCUT2D eigenvalue weighted by Crippen LogP contribution is 2.53. The molecule has 1 saturated heterocycles. The van der Waals surface area contributed by atoms with E-state index in [2.05, 4.69) is 6.92 Å². The largest absolute Gasteiger partial charge is 0.457 e. The number of esters is 1. The van der Waals surface area contributed by atoms with E-state index in [1.165, 1.54) is 5.57 Å². The molecule has 0 N–H and O–H groups in total. The molecule has 4 unspecified atom stereocenters. The summed E-state index contributed by atoms with van der Waals surface area (Å²) in [7, 11) is 0. The van der Waals surface area contributed by atoms with Gasteiger partial charge in [-0.1, -0.05) is 12.5 Å². The van der Waals surface area contributed by atoms with Crippen molar-refractivity contribution in [1.82, 2.24) is 0 Å². The molecule has 1 heterocycles. The molecule has 3 nitrogen and oxygen atoms in total. The van der Waals surface area contributed by atoms with E-state index in [0.717, 1.165) is 24.8 Å². The van der Waals surface area contributed by atoms with Gasteiger partial charge in [0, 0.05) is 12.3 Å². The van der Waals surface area contributed by atoms with E-state index in [0.29, 0.717) is 12.2 Å². The van der Waals surface area contributed by atoms with Gasteiger partial charge in [-0.25, -0.2) is 0 Å². The normalized spacial score (nSPS) is 43.6. The highest BCUT2D eigenvalue weighted by atomic mass is 16.6. The molecule has 0 amide bonds. The van der Waals surface area contributed by atoms with E-state index in [1.54, 1.807) is 0 Å². The van der Waals surface area contributed by atoms with Crippen LogP contribution in [0, 0.1) is 17.3 Å². The van der Waals surface area contributed by atoms with Crippen molar-refractivity contribution < 1.29 is 14.3 Å². The molecule has 1 saturated carbocycles. The van der Waals surface area contributed by atoms with Crippen molar-refractivity contribution in [3.63, 3.8) is 0 Å². The van der Waals surface area contributed by atoms with Crippen LogP contribution in [0.25, 0.3) is 0 Å². The number of carbonyl (C=O) groups excluding carboxylic acids is 2. The summed E-state index contributed by atoms with van der Waals surface area (Å²) in [4.78, 5) is 24.3. The van der Waals surface area contributed by atoms with Crippen LogP contribution in [0.3, 0.4) is 0 Å². The fourth-order valence-electron chi connectivity index (χ4n) is 4.05. The first-order valence-electron chi connectivity index (χ1n) is 6.89. The topological polar surface area (TPSA) is 43.4 Å². The lowest BCUT2D eigenvalue weighted by molar-refractivity contribution is -0.144. The van der Waals surface area contributed by atoms with E-state index in [4.69, 9.17) is 4.74 Å². The predicted octanol–water partition coefficient (Wildman–Crippen LogP) is 2.64. The van der Waals surface area contributed by atoms with Gasteiger partial charge in [0.1, 0.15) is 11.9 Å². The van der Waals surface area contributed by atoms with Gasteiger partial charge in [-0.2, -0.15) is 0 Å². The minimum Gasteiger partial charge on any atom is -0.457 e. The SMILES string of the molecule is CC1=C2C3OC(=O)C(C)C3CC(=O)C2(C)CCC1. The van der Waals surface area contributed by atoms with Crippen LogP contribution in [-0.4, -0.2) is 17.9 Å². The third-order valence-electron chi connectivity index (χ3n) is 5.25. The Morgan fingerprint density at radius 3 is 2.78 bits per heavy atom. The van der Waals surface area contributed by atoms with Gasteiger partial charge in [-0.3, -0.25) is 9.59 Å². The lowest BCUT2D eigenvalue weighted by Crippen LogP contribution is -2.46. The first-order chi connectivity index (χ1) is 8.45. The number of fused-ring (bicyclic) bond motifs is 3. The molecule has 2 fully saturated rings. The van der Waals surface area contributed by atoms with Crippen LogP contribution in [0.2, 0.25) is 0 Å². The Morgan fingerprint density at radius 1 is 1.33 bits per heavy atom. The number of Topliss-reactive ketones (excluding diaryl/α,β-unsaturated/α-hetero) is 1. The fourth-order valence-corrected chi connectivity index (χ4v) is 4.05. The van der Waals surface area contributed by atoms with Crippen molar-refractivity contribution in [1.29, 1.82) is 0 Å². The second-order valence-electron chi connectivity index (χ2n) is 6.32. The van der Waals surface area contributed by atoms with Crippen molar-refractivity contribution >= 4 is 11.8 Å². The van der Waals surface area contributed by atoms with E-state index in [9.17, 15) is 9.59 Å². The molecule has 3 rings (SSSR count). The Labute approximate surface area is 108 Å². The van der Waals surface area contributed by atoms with Gasteiger partial charge in [0.05, 0.1) is 11.3 Å². The van der Waals surface area contributed by atoms with Gasteiger partial charge in [0.2, 0.25) is 0 Å². The fraction of sp³-hybridized carbons (Fsp3) is 0.733. The van der Waals surface area contributed by atoms with Gasteiger partial charge in [-0.15, -0.1) is 0 Å². The molecular weight excluding hydrogens is 228 g/mol. The van der Waals surface area contributed by atoms with E-state index < -0.39 is 0 Å². The molecule has 2 aliphatic carbocycles. The highest BCUT2D eigenvalue weighted by Gasteiger charge is 2.56. The predicted molar refractivity (Wildman–Crippen MR) is 66.8 cm³/mol. The molecule has 0 radical (unpaired) electrons. The van der Waals surface area contributed by atoms with Gasteiger partial charge in [0.15, 0.2) is 0 Å². The molecule has 0 bridgehead atoms. The molecule has 1 aliphatic heterocycles. The lowest BCUT2D eigenvalue weighted by Gasteiger charge is -2.44. The van der Waals surface area contributed by atoms with Crippen LogP contribution in [0.15, 0.2) is 11.1 Å². The molecule has 98 valence electrons. The maximum atomic E-state index is 12.5. The molecule has 0 aromatic rings. The molecule has 4 atom stereocenters. The van der Waals surface area contributed by atoms with Gasteiger partial charge >= 0.3 is 5.97 Å². The lowest BCUT2D eigenvalue weighted by atomic mass is 9.59. The van der Waals surface area contributed by atoms with E-state index in [-0.39, 0.29) is 29.3 Å². The monoisotopic (exact) mass is 248 g/mol. The Hall–Kier alpha value is -1.12. The van der Waals surface area contributed by atoms with Gasteiger partial charge in [0.25, 0.3) is 0 Å². The number of rotatable bonds is 0. The van der Waals surface area contributed by atoms with Crippen molar-refractivity contribution in [2.24, 2.45) is 17.3 Å². The smallest absolute Gasteiger partial charge is 0.309 e. The zero-order valence-corrected chi connectivity index (χ0v) is 11.3. The average molecular weight is 248 g/mol. The Balaban J connectivity index is 2.11. The summed E-state index contributed by atoms with van der Waals surface area (Å²) in [5.41, 5.74) is 2.04. The molecule has 3 aliphatic rings. The maximum Gasteiger partial charge on any atom is 0.309 e.